The highest BCUT2D eigenvalue weighted by molar-refractivity contribution is 5.75. The molecule has 0 bridgehead atoms. The van der Waals surface area contributed by atoms with Gasteiger partial charge in [-0.1, -0.05) is 45.1 Å². The molecule has 1 unspecified atom stereocenters. The molecule has 1 amide bonds. The van der Waals surface area contributed by atoms with Crippen LogP contribution in [-0.4, -0.2) is 37.4 Å². The molecule has 0 aliphatic rings. The first kappa shape index (κ1) is 22.3. The van der Waals surface area contributed by atoms with Gasteiger partial charge >= 0.3 is 0 Å². The van der Waals surface area contributed by atoms with Gasteiger partial charge in [-0.15, -0.1) is 0 Å². The van der Waals surface area contributed by atoms with E-state index >= 15 is 0 Å². The predicted octanol–water partition coefficient (Wildman–Crippen LogP) is 2.76. The fourth-order valence-electron chi connectivity index (χ4n) is 2.55. The minimum Gasteiger partial charge on any atom is -0.493 e. The van der Waals surface area contributed by atoms with Crippen molar-refractivity contribution in [3.63, 3.8) is 0 Å². The molecule has 1 rings (SSSR count). The molecule has 0 radical (unpaired) electrons. The zero-order valence-electron chi connectivity index (χ0n) is 16.1. The molecule has 0 aliphatic carbocycles. The summed E-state index contributed by atoms with van der Waals surface area (Å²) in [5, 5.41) is 11.9. The summed E-state index contributed by atoms with van der Waals surface area (Å²) in [4.78, 5) is 11.9. The highest BCUT2D eigenvalue weighted by Crippen LogP contribution is 2.28. The number of nitrogens with one attached hydrogen (secondary N) is 1. The monoisotopic (exact) mass is 366 g/mol. The van der Waals surface area contributed by atoms with Gasteiger partial charge in [-0.05, 0) is 24.1 Å². The number of benzene rings is 1. The van der Waals surface area contributed by atoms with Crippen LogP contribution in [0.1, 0.15) is 57.4 Å². The molecule has 26 heavy (non-hydrogen) atoms. The van der Waals surface area contributed by atoms with E-state index in [1.165, 1.54) is 25.7 Å². The van der Waals surface area contributed by atoms with E-state index in [9.17, 15) is 4.79 Å². The van der Waals surface area contributed by atoms with Crippen LogP contribution in [0.5, 0.6) is 11.5 Å². The number of hydrogen-bond donors (Lipinski definition) is 3. The normalized spacial score (nSPS) is 11.8. The van der Waals surface area contributed by atoms with E-state index in [0.29, 0.717) is 24.5 Å². The molecule has 6 nitrogen and oxygen atoms in total. The van der Waals surface area contributed by atoms with Crippen LogP contribution in [0.3, 0.4) is 0 Å². The highest BCUT2D eigenvalue weighted by Gasteiger charge is 2.09. The van der Waals surface area contributed by atoms with Crippen molar-refractivity contribution in [2.45, 2.75) is 64.5 Å². The number of rotatable bonds is 14. The zero-order valence-corrected chi connectivity index (χ0v) is 16.1. The van der Waals surface area contributed by atoms with Crippen molar-refractivity contribution in [2.24, 2.45) is 5.73 Å². The van der Waals surface area contributed by atoms with Gasteiger partial charge in [0.15, 0.2) is 11.5 Å². The Morgan fingerprint density at radius 2 is 1.92 bits per heavy atom. The topological polar surface area (TPSA) is 93.8 Å². The third kappa shape index (κ3) is 9.06. The van der Waals surface area contributed by atoms with E-state index in [-0.39, 0.29) is 19.1 Å². The predicted molar refractivity (Wildman–Crippen MR) is 103 cm³/mol. The van der Waals surface area contributed by atoms with E-state index in [0.717, 1.165) is 18.4 Å². The van der Waals surface area contributed by atoms with Crippen LogP contribution in [-0.2, 0) is 11.3 Å². The Hall–Kier alpha value is -1.79. The van der Waals surface area contributed by atoms with Gasteiger partial charge in [0.1, 0.15) is 6.61 Å². The lowest BCUT2D eigenvalue weighted by Gasteiger charge is -2.14. The lowest BCUT2D eigenvalue weighted by molar-refractivity contribution is -0.121. The lowest BCUT2D eigenvalue weighted by atomic mass is 10.1. The maximum atomic E-state index is 11.9. The second-order valence-electron chi connectivity index (χ2n) is 6.53. The Bertz CT molecular complexity index is 523. The number of hydrogen-bond acceptors (Lipinski definition) is 5. The largest absolute Gasteiger partial charge is 0.493 e. The van der Waals surface area contributed by atoms with E-state index in [1.807, 2.05) is 12.1 Å². The highest BCUT2D eigenvalue weighted by atomic mass is 16.5. The molecule has 0 fully saturated rings. The van der Waals surface area contributed by atoms with Crippen LogP contribution >= 0.6 is 0 Å². The molecule has 1 aromatic rings. The SMILES string of the molecule is CCCCCCCCC(=O)NCc1ccc(OCC(N)CO)c(OC)c1. The third-order valence-corrected chi connectivity index (χ3v) is 4.16. The van der Waals surface area contributed by atoms with Crippen molar-refractivity contribution in [2.75, 3.05) is 20.3 Å². The average Bonchev–Trinajstić information content (AvgIpc) is 2.67. The Morgan fingerprint density at radius 1 is 1.19 bits per heavy atom. The number of carbonyl (C=O) groups excluding carboxylic acids is 1. The molecule has 0 heterocycles. The minimum atomic E-state index is -0.430. The van der Waals surface area contributed by atoms with Gasteiger partial charge < -0.3 is 25.6 Å². The fourth-order valence-corrected chi connectivity index (χ4v) is 2.55. The second-order valence-corrected chi connectivity index (χ2v) is 6.53. The van der Waals surface area contributed by atoms with Crippen LogP contribution in [0.2, 0.25) is 0 Å². The van der Waals surface area contributed by atoms with Crippen molar-refractivity contribution in [3.8, 4) is 11.5 Å². The van der Waals surface area contributed by atoms with Crippen LogP contribution < -0.4 is 20.5 Å². The summed E-state index contributed by atoms with van der Waals surface area (Å²) in [6.45, 7) is 2.73. The first-order chi connectivity index (χ1) is 12.6. The van der Waals surface area contributed by atoms with Gasteiger partial charge in [0.05, 0.1) is 19.8 Å². The summed E-state index contributed by atoms with van der Waals surface area (Å²) in [5.41, 5.74) is 6.58. The van der Waals surface area contributed by atoms with E-state index < -0.39 is 6.04 Å². The first-order valence-electron chi connectivity index (χ1n) is 9.53. The number of methoxy groups -OCH3 is 1. The fraction of sp³-hybridized carbons (Fsp3) is 0.650. The van der Waals surface area contributed by atoms with Gasteiger partial charge in [-0.25, -0.2) is 0 Å². The Balaban J connectivity index is 2.36. The molecular weight excluding hydrogens is 332 g/mol. The summed E-state index contributed by atoms with van der Waals surface area (Å²) in [5.74, 6) is 1.23. The van der Waals surface area contributed by atoms with E-state index in [2.05, 4.69) is 12.2 Å². The molecule has 1 aromatic carbocycles. The maximum Gasteiger partial charge on any atom is 0.220 e. The molecular formula is C20H34N2O4. The van der Waals surface area contributed by atoms with Crippen LogP contribution in [0.4, 0.5) is 0 Å². The lowest BCUT2D eigenvalue weighted by Crippen LogP contribution is -2.31. The van der Waals surface area contributed by atoms with Crippen LogP contribution in [0.25, 0.3) is 0 Å². The molecule has 0 spiro atoms. The molecule has 148 valence electrons. The number of carbonyl (C=O) groups is 1. The van der Waals surface area contributed by atoms with Gasteiger partial charge in [0, 0.05) is 13.0 Å². The first-order valence-corrected chi connectivity index (χ1v) is 9.53. The minimum absolute atomic E-state index is 0.0775. The number of aliphatic hydroxyl groups is 1. The zero-order chi connectivity index (χ0) is 19.2. The van der Waals surface area contributed by atoms with Gasteiger partial charge in [-0.3, -0.25) is 4.79 Å². The Morgan fingerprint density at radius 3 is 2.62 bits per heavy atom. The number of ether oxygens (including phenoxy) is 2. The van der Waals surface area contributed by atoms with Gasteiger partial charge in [0.25, 0.3) is 0 Å². The number of unbranched alkanes of at least 4 members (excludes halogenated alkanes) is 5. The third-order valence-electron chi connectivity index (χ3n) is 4.16. The molecule has 0 aromatic heterocycles. The quantitative estimate of drug-likeness (QED) is 0.440. The van der Waals surface area contributed by atoms with Crippen molar-refractivity contribution >= 4 is 5.91 Å². The molecule has 0 saturated carbocycles. The smallest absolute Gasteiger partial charge is 0.220 e. The van der Waals surface area contributed by atoms with Crippen molar-refractivity contribution in [3.05, 3.63) is 23.8 Å². The summed E-state index contributed by atoms with van der Waals surface area (Å²) in [7, 11) is 1.56. The second kappa shape index (κ2) is 13.4. The van der Waals surface area contributed by atoms with Crippen LogP contribution in [0.15, 0.2) is 18.2 Å². The molecule has 0 saturated heterocycles. The van der Waals surface area contributed by atoms with Crippen molar-refractivity contribution in [1.29, 1.82) is 0 Å². The standard InChI is InChI=1S/C20H34N2O4/c1-3-4-5-6-7-8-9-20(24)22-13-16-10-11-18(19(12-16)25-2)26-15-17(21)14-23/h10-12,17,23H,3-9,13-15,21H2,1-2H3,(H,22,24). The molecule has 0 aliphatic heterocycles. The van der Waals surface area contributed by atoms with Crippen molar-refractivity contribution < 1.29 is 19.4 Å². The summed E-state index contributed by atoms with van der Waals surface area (Å²) in [6.07, 6.45) is 7.61. The number of nitrogens with two attached hydrogens (primary N) is 1. The Labute approximate surface area is 157 Å². The summed E-state index contributed by atoms with van der Waals surface area (Å²) in [6, 6.07) is 5.08. The van der Waals surface area contributed by atoms with E-state index in [4.69, 9.17) is 20.3 Å². The van der Waals surface area contributed by atoms with Gasteiger partial charge in [0.2, 0.25) is 5.91 Å². The van der Waals surface area contributed by atoms with Crippen molar-refractivity contribution in [1.82, 2.24) is 5.32 Å². The van der Waals surface area contributed by atoms with Crippen LogP contribution in [0, 0.1) is 0 Å². The number of amides is 1. The Kier molecular flexibility index (Phi) is 11.5. The maximum absolute atomic E-state index is 11.9. The average molecular weight is 367 g/mol. The summed E-state index contributed by atoms with van der Waals surface area (Å²) >= 11 is 0. The van der Waals surface area contributed by atoms with E-state index in [1.54, 1.807) is 13.2 Å². The van der Waals surface area contributed by atoms with Gasteiger partial charge in [-0.2, -0.15) is 0 Å². The summed E-state index contributed by atoms with van der Waals surface area (Å²) < 4.78 is 10.9. The molecule has 4 N–H and O–H groups in total. The molecule has 1 atom stereocenters. The number of aliphatic hydroxyl groups excluding tert-OH is 1. The molecule has 6 heteroatoms.